The standard InChI is InChI=1S/C24H24N6O3/c1-14-5-10-21(15(2)11-14)30-23-20(12-25-30)16(3)28-29(24(23)33)13-22(32)27-19-8-6-18(7-9-19)26-17(4)31/h5-12H,13H2,1-4H3,(H,26,31)(H,27,32). The fourth-order valence-corrected chi connectivity index (χ4v) is 3.73. The third-order valence-electron chi connectivity index (χ3n) is 5.23. The van der Waals surface area contributed by atoms with Crippen LogP contribution in [0.25, 0.3) is 16.6 Å². The Balaban J connectivity index is 1.63. The Morgan fingerprint density at radius 1 is 0.970 bits per heavy atom. The molecule has 2 heterocycles. The molecule has 2 aromatic carbocycles. The Morgan fingerprint density at radius 3 is 2.27 bits per heavy atom. The van der Waals surface area contributed by atoms with Crippen molar-refractivity contribution in [2.45, 2.75) is 34.2 Å². The molecule has 9 heteroatoms. The average Bonchev–Trinajstić information content (AvgIpc) is 3.18. The highest BCUT2D eigenvalue weighted by molar-refractivity contribution is 5.92. The molecule has 2 N–H and O–H groups in total. The number of nitrogens with zero attached hydrogens (tertiary/aromatic N) is 4. The molecular weight excluding hydrogens is 420 g/mol. The molecule has 168 valence electrons. The van der Waals surface area contributed by atoms with Gasteiger partial charge in [-0.2, -0.15) is 10.2 Å². The van der Waals surface area contributed by atoms with Gasteiger partial charge in [0.05, 0.1) is 17.6 Å². The molecule has 0 saturated heterocycles. The lowest BCUT2D eigenvalue weighted by Crippen LogP contribution is -2.31. The van der Waals surface area contributed by atoms with Crippen LogP contribution in [-0.4, -0.2) is 31.4 Å². The summed E-state index contributed by atoms with van der Waals surface area (Å²) in [6.07, 6.45) is 1.62. The average molecular weight is 444 g/mol. The lowest BCUT2D eigenvalue weighted by atomic mass is 10.1. The zero-order valence-electron chi connectivity index (χ0n) is 18.8. The van der Waals surface area contributed by atoms with Crippen molar-refractivity contribution in [3.63, 3.8) is 0 Å². The van der Waals surface area contributed by atoms with Gasteiger partial charge in [0, 0.05) is 23.7 Å². The van der Waals surface area contributed by atoms with E-state index in [9.17, 15) is 14.4 Å². The second-order valence-corrected chi connectivity index (χ2v) is 7.96. The molecule has 0 saturated carbocycles. The zero-order chi connectivity index (χ0) is 23.7. The predicted octanol–water partition coefficient (Wildman–Crippen LogP) is 3.10. The van der Waals surface area contributed by atoms with Crippen LogP contribution in [0.1, 0.15) is 23.7 Å². The monoisotopic (exact) mass is 444 g/mol. The Bertz CT molecular complexity index is 1430. The van der Waals surface area contributed by atoms with Crippen LogP contribution in [0.5, 0.6) is 0 Å². The summed E-state index contributed by atoms with van der Waals surface area (Å²) in [6, 6.07) is 12.6. The summed E-state index contributed by atoms with van der Waals surface area (Å²) in [5.41, 5.74) is 4.65. The zero-order valence-corrected chi connectivity index (χ0v) is 18.8. The van der Waals surface area contributed by atoms with Crippen LogP contribution in [-0.2, 0) is 16.1 Å². The van der Waals surface area contributed by atoms with E-state index in [0.717, 1.165) is 21.5 Å². The van der Waals surface area contributed by atoms with E-state index in [1.165, 1.54) is 6.92 Å². The second kappa shape index (κ2) is 8.70. The molecule has 0 atom stereocenters. The third kappa shape index (κ3) is 4.52. The first-order valence-electron chi connectivity index (χ1n) is 10.4. The van der Waals surface area contributed by atoms with E-state index >= 15 is 0 Å². The SMILES string of the molecule is CC(=O)Nc1ccc(NC(=O)Cn2nc(C)c3cnn(-c4ccc(C)cc4C)c3c2=O)cc1. The predicted molar refractivity (Wildman–Crippen MR) is 127 cm³/mol. The van der Waals surface area contributed by atoms with Gasteiger partial charge < -0.3 is 10.6 Å². The van der Waals surface area contributed by atoms with Crippen molar-refractivity contribution < 1.29 is 9.59 Å². The van der Waals surface area contributed by atoms with Crippen LogP contribution in [0.15, 0.2) is 53.5 Å². The van der Waals surface area contributed by atoms with E-state index in [0.29, 0.717) is 28.0 Å². The topological polar surface area (TPSA) is 111 Å². The largest absolute Gasteiger partial charge is 0.326 e. The van der Waals surface area contributed by atoms with Crippen molar-refractivity contribution in [3.8, 4) is 5.69 Å². The van der Waals surface area contributed by atoms with Gasteiger partial charge in [0.15, 0.2) is 0 Å². The lowest BCUT2D eigenvalue weighted by molar-refractivity contribution is -0.117. The summed E-state index contributed by atoms with van der Waals surface area (Å²) in [5.74, 6) is -0.573. The fourth-order valence-electron chi connectivity index (χ4n) is 3.73. The number of nitrogens with one attached hydrogen (secondary N) is 2. The van der Waals surface area contributed by atoms with E-state index in [-0.39, 0.29) is 12.5 Å². The van der Waals surface area contributed by atoms with Gasteiger partial charge in [-0.3, -0.25) is 14.4 Å². The number of hydrogen-bond donors (Lipinski definition) is 2. The van der Waals surface area contributed by atoms with Gasteiger partial charge >= 0.3 is 0 Å². The number of carbonyl (C=O) groups excluding carboxylic acids is 2. The van der Waals surface area contributed by atoms with Crippen LogP contribution < -0.4 is 16.2 Å². The highest BCUT2D eigenvalue weighted by atomic mass is 16.2. The van der Waals surface area contributed by atoms with E-state index in [4.69, 9.17) is 0 Å². The second-order valence-electron chi connectivity index (χ2n) is 7.96. The summed E-state index contributed by atoms with van der Waals surface area (Å²) in [5, 5.41) is 14.8. The number of benzene rings is 2. The van der Waals surface area contributed by atoms with Crippen LogP contribution in [0, 0.1) is 20.8 Å². The maximum Gasteiger partial charge on any atom is 0.293 e. The van der Waals surface area contributed by atoms with Crippen molar-refractivity contribution >= 4 is 34.1 Å². The third-order valence-corrected chi connectivity index (χ3v) is 5.23. The molecule has 0 aliphatic rings. The minimum Gasteiger partial charge on any atom is -0.326 e. The highest BCUT2D eigenvalue weighted by Crippen LogP contribution is 2.21. The molecule has 2 aromatic heterocycles. The molecule has 2 amide bonds. The molecular formula is C24H24N6O3. The number of rotatable bonds is 5. The lowest BCUT2D eigenvalue weighted by Gasteiger charge is -2.11. The normalized spacial score (nSPS) is 10.9. The molecule has 0 unspecified atom stereocenters. The summed E-state index contributed by atoms with van der Waals surface area (Å²) in [4.78, 5) is 37.0. The number of hydrogen-bond acceptors (Lipinski definition) is 5. The summed E-state index contributed by atoms with van der Waals surface area (Å²) < 4.78 is 2.76. The Hall–Kier alpha value is -4.27. The van der Waals surface area contributed by atoms with Crippen molar-refractivity contribution in [1.82, 2.24) is 19.6 Å². The van der Waals surface area contributed by atoms with Crippen LogP contribution >= 0.6 is 0 Å². The number of aromatic nitrogens is 4. The molecule has 0 fully saturated rings. The fraction of sp³-hybridized carbons (Fsp3) is 0.208. The minimum atomic E-state index is -0.399. The van der Waals surface area contributed by atoms with E-state index in [1.807, 2.05) is 32.0 Å². The number of fused-ring (bicyclic) bond motifs is 1. The Labute approximate surface area is 190 Å². The highest BCUT2D eigenvalue weighted by Gasteiger charge is 2.17. The molecule has 0 bridgehead atoms. The van der Waals surface area contributed by atoms with E-state index < -0.39 is 11.5 Å². The van der Waals surface area contributed by atoms with Gasteiger partial charge in [-0.05, 0) is 56.7 Å². The summed E-state index contributed by atoms with van der Waals surface area (Å²) >= 11 is 0. The maximum atomic E-state index is 13.3. The van der Waals surface area contributed by atoms with Crippen molar-refractivity contribution in [3.05, 3.63) is 75.8 Å². The van der Waals surface area contributed by atoms with Crippen LogP contribution in [0.2, 0.25) is 0 Å². The minimum absolute atomic E-state index is 0.178. The first-order valence-corrected chi connectivity index (χ1v) is 10.4. The van der Waals surface area contributed by atoms with Gasteiger partial charge in [-0.25, -0.2) is 9.36 Å². The number of carbonyl (C=O) groups is 2. The van der Waals surface area contributed by atoms with Crippen molar-refractivity contribution in [1.29, 1.82) is 0 Å². The smallest absolute Gasteiger partial charge is 0.293 e. The quantitative estimate of drug-likeness (QED) is 0.491. The molecule has 0 radical (unpaired) electrons. The van der Waals surface area contributed by atoms with Crippen LogP contribution in [0.3, 0.4) is 0 Å². The van der Waals surface area contributed by atoms with Crippen molar-refractivity contribution in [2.75, 3.05) is 10.6 Å². The molecule has 0 spiro atoms. The van der Waals surface area contributed by atoms with E-state index in [1.54, 1.807) is 42.1 Å². The van der Waals surface area contributed by atoms with Gasteiger partial charge in [-0.1, -0.05) is 17.7 Å². The van der Waals surface area contributed by atoms with Gasteiger partial charge in [0.25, 0.3) is 5.56 Å². The first kappa shape index (κ1) is 21.9. The number of amides is 2. The number of anilines is 2. The number of aryl methyl sites for hydroxylation is 3. The first-order chi connectivity index (χ1) is 15.7. The molecule has 33 heavy (non-hydrogen) atoms. The maximum absolute atomic E-state index is 13.3. The molecule has 4 aromatic rings. The Kier molecular flexibility index (Phi) is 5.78. The summed E-state index contributed by atoms with van der Waals surface area (Å²) in [7, 11) is 0. The summed E-state index contributed by atoms with van der Waals surface area (Å²) in [6.45, 7) is 6.93. The van der Waals surface area contributed by atoms with Crippen molar-refractivity contribution in [2.24, 2.45) is 0 Å². The van der Waals surface area contributed by atoms with Crippen LogP contribution in [0.4, 0.5) is 11.4 Å². The molecule has 4 rings (SSSR count). The molecule has 0 aliphatic carbocycles. The van der Waals surface area contributed by atoms with Gasteiger partial charge in [0.2, 0.25) is 11.8 Å². The van der Waals surface area contributed by atoms with Gasteiger partial charge in [-0.15, -0.1) is 0 Å². The Morgan fingerprint density at radius 2 is 1.64 bits per heavy atom. The molecule has 0 aliphatic heterocycles. The van der Waals surface area contributed by atoms with E-state index in [2.05, 4.69) is 20.8 Å². The van der Waals surface area contributed by atoms with Gasteiger partial charge in [0.1, 0.15) is 12.1 Å². The molecule has 9 nitrogen and oxygen atoms in total.